The first-order valence-corrected chi connectivity index (χ1v) is 9.41. The minimum atomic E-state index is -3.83. The zero-order chi connectivity index (χ0) is 19.6. The summed E-state index contributed by atoms with van der Waals surface area (Å²) in [5.74, 6) is -1.29. The van der Waals surface area contributed by atoms with E-state index in [1.54, 1.807) is 0 Å². The lowest BCUT2D eigenvalue weighted by molar-refractivity contribution is -0.389. The van der Waals surface area contributed by atoms with Gasteiger partial charge in [-0.2, -0.15) is 4.31 Å². The van der Waals surface area contributed by atoms with Gasteiger partial charge in [0, 0.05) is 26.2 Å². The Morgan fingerprint density at radius 3 is 2.56 bits per heavy atom. The fourth-order valence-corrected chi connectivity index (χ4v) is 4.19. The third-order valence-corrected chi connectivity index (χ3v) is 6.04. The standard InChI is InChI=1S/C15H16FN5O5S/c16-12-2-1-3-13(8-12)27(25,26)20-6-4-19(5-7-20)15(22)10-18-9-14(17-11-18)21(23)24/h1-3,8-9,11H,4-7,10H2. The van der Waals surface area contributed by atoms with Gasteiger partial charge in [-0.05, 0) is 28.1 Å². The molecule has 27 heavy (non-hydrogen) atoms. The van der Waals surface area contributed by atoms with E-state index in [9.17, 15) is 27.7 Å². The molecule has 10 nitrogen and oxygen atoms in total. The maximum Gasteiger partial charge on any atom is 0.381 e. The second-order valence-electron chi connectivity index (χ2n) is 5.90. The minimum Gasteiger partial charge on any atom is -0.358 e. The number of rotatable bonds is 5. The monoisotopic (exact) mass is 397 g/mol. The molecule has 1 aliphatic heterocycles. The molecule has 0 atom stereocenters. The molecule has 0 spiro atoms. The van der Waals surface area contributed by atoms with E-state index < -0.39 is 20.8 Å². The number of carbonyl (C=O) groups is 1. The molecule has 2 aromatic rings. The van der Waals surface area contributed by atoms with Gasteiger partial charge in [-0.25, -0.2) is 12.8 Å². The number of hydrogen-bond donors (Lipinski definition) is 0. The van der Waals surface area contributed by atoms with E-state index in [1.165, 1.54) is 32.2 Å². The van der Waals surface area contributed by atoms with Crippen LogP contribution in [0.15, 0.2) is 41.7 Å². The minimum absolute atomic E-state index is 0.0780. The molecule has 0 bridgehead atoms. The van der Waals surface area contributed by atoms with E-state index >= 15 is 0 Å². The molecule has 3 rings (SSSR count). The summed E-state index contributed by atoms with van der Waals surface area (Å²) in [4.78, 5) is 27.2. The van der Waals surface area contributed by atoms with Gasteiger partial charge in [0.2, 0.25) is 22.3 Å². The summed E-state index contributed by atoms with van der Waals surface area (Å²) in [6, 6.07) is 4.77. The van der Waals surface area contributed by atoms with Crippen molar-refractivity contribution >= 4 is 21.7 Å². The molecule has 0 radical (unpaired) electrons. The first kappa shape index (κ1) is 18.9. The quantitative estimate of drug-likeness (QED) is 0.534. The lowest BCUT2D eigenvalue weighted by Crippen LogP contribution is -2.51. The van der Waals surface area contributed by atoms with Crippen molar-refractivity contribution in [2.24, 2.45) is 0 Å². The van der Waals surface area contributed by atoms with Gasteiger partial charge in [-0.1, -0.05) is 6.07 Å². The van der Waals surface area contributed by atoms with Crippen molar-refractivity contribution in [2.45, 2.75) is 11.4 Å². The maximum atomic E-state index is 13.3. The summed E-state index contributed by atoms with van der Waals surface area (Å²) in [6.07, 6.45) is 2.35. The highest BCUT2D eigenvalue weighted by Gasteiger charge is 2.30. The number of nitrogens with zero attached hydrogens (tertiary/aromatic N) is 5. The normalized spacial score (nSPS) is 15.7. The smallest absolute Gasteiger partial charge is 0.358 e. The molecule has 0 aliphatic carbocycles. The first-order chi connectivity index (χ1) is 12.8. The summed E-state index contributed by atoms with van der Waals surface area (Å²) in [7, 11) is -3.83. The van der Waals surface area contributed by atoms with E-state index in [-0.39, 0.29) is 49.3 Å². The van der Waals surface area contributed by atoms with Crippen molar-refractivity contribution < 1.29 is 22.5 Å². The molecule has 144 valence electrons. The topological polar surface area (TPSA) is 119 Å². The molecule has 1 fully saturated rings. The van der Waals surface area contributed by atoms with Gasteiger partial charge in [0.1, 0.15) is 18.6 Å². The fraction of sp³-hybridized carbons (Fsp3) is 0.333. The highest BCUT2D eigenvalue weighted by Crippen LogP contribution is 2.18. The third-order valence-electron chi connectivity index (χ3n) is 4.15. The van der Waals surface area contributed by atoms with Crippen molar-refractivity contribution in [1.82, 2.24) is 18.8 Å². The average Bonchev–Trinajstić information content (AvgIpc) is 3.10. The maximum absolute atomic E-state index is 13.3. The van der Waals surface area contributed by atoms with Crippen LogP contribution in [-0.2, 0) is 21.4 Å². The first-order valence-electron chi connectivity index (χ1n) is 7.97. The summed E-state index contributed by atoms with van der Waals surface area (Å²) in [6.45, 7) is 0.370. The molecule has 1 aromatic carbocycles. The van der Waals surface area contributed by atoms with E-state index in [0.29, 0.717) is 0 Å². The molecule has 0 unspecified atom stereocenters. The SMILES string of the molecule is O=C(Cn1cnc([N+](=O)[O-])c1)N1CCN(S(=O)(=O)c2cccc(F)c2)CC1. The van der Waals surface area contributed by atoms with Gasteiger partial charge >= 0.3 is 5.82 Å². The van der Waals surface area contributed by atoms with Crippen LogP contribution in [0.3, 0.4) is 0 Å². The van der Waals surface area contributed by atoms with Crippen LogP contribution in [0.5, 0.6) is 0 Å². The molecule has 2 heterocycles. The summed E-state index contributed by atoms with van der Waals surface area (Å²) < 4.78 is 40.9. The van der Waals surface area contributed by atoms with E-state index in [1.807, 2.05) is 0 Å². The molecule has 0 saturated carbocycles. The van der Waals surface area contributed by atoms with Crippen LogP contribution < -0.4 is 0 Å². The number of carbonyl (C=O) groups excluding carboxylic acids is 1. The van der Waals surface area contributed by atoms with Crippen molar-refractivity contribution in [3.8, 4) is 0 Å². The highest BCUT2D eigenvalue weighted by atomic mass is 32.2. The van der Waals surface area contributed by atoms with Crippen LogP contribution in [0.2, 0.25) is 0 Å². The van der Waals surface area contributed by atoms with Crippen LogP contribution in [0.25, 0.3) is 0 Å². The lowest BCUT2D eigenvalue weighted by Gasteiger charge is -2.34. The van der Waals surface area contributed by atoms with Crippen LogP contribution in [0, 0.1) is 15.9 Å². The van der Waals surface area contributed by atoms with Crippen LogP contribution in [0.1, 0.15) is 0 Å². The Labute approximate surface area is 154 Å². The summed E-state index contributed by atoms with van der Waals surface area (Å²) in [5.41, 5.74) is 0. The molecule has 1 saturated heterocycles. The summed E-state index contributed by atoms with van der Waals surface area (Å²) in [5, 5.41) is 10.6. The number of sulfonamides is 1. The van der Waals surface area contributed by atoms with Crippen molar-refractivity contribution in [2.75, 3.05) is 26.2 Å². The van der Waals surface area contributed by atoms with Crippen molar-refractivity contribution in [3.05, 3.63) is 52.7 Å². The van der Waals surface area contributed by atoms with Crippen molar-refractivity contribution in [1.29, 1.82) is 0 Å². The number of imidazole rings is 1. The van der Waals surface area contributed by atoms with Gasteiger partial charge < -0.3 is 19.6 Å². The Hall–Kier alpha value is -2.86. The Kier molecular flexibility index (Phi) is 5.19. The third kappa shape index (κ3) is 4.11. The second-order valence-corrected chi connectivity index (χ2v) is 7.84. The van der Waals surface area contributed by atoms with Gasteiger partial charge in [-0.3, -0.25) is 4.79 Å². The lowest BCUT2D eigenvalue weighted by atomic mass is 10.3. The number of halogens is 1. The predicted molar refractivity (Wildman–Crippen MR) is 90.6 cm³/mol. The number of piperazine rings is 1. The van der Waals surface area contributed by atoms with E-state index in [4.69, 9.17) is 0 Å². The Balaban J connectivity index is 1.61. The average molecular weight is 397 g/mol. The van der Waals surface area contributed by atoms with Gasteiger partial charge in [0.15, 0.2) is 0 Å². The summed E-state index contributed by atoms with van der Waals surface area (Å²) >= 11 is 0. The molecule has 1 aromatic heterocycles. The van der Waals surface area contributed by atoms with Gasteiger partial charge in [0.05, 0.1) is 4.90 Å². The van der Waals surface area contributed by atoms with E-state index in [2.05, 4.69) is 4.98 Å². The van der Waals surface area contributed by atoms with E-state index in [0.717, 1.165) is 18.3 Å². The van der Waals surface area contributed by atoms with Crippen molar-refractivity contribution in [3.63, 3.8) is 0 Å². The Morgan fingerprint density at radius 2 is 1.96 bits per heavy atom. The number of hydrogen-bond acceptors (Lipinski definition) is 6. The molecule has 1 aliphatic rings. The zero-order valence-electron chi connectivity index (χ0n) is 14.1. The van der Waals surface area contributed by atoms with Crippen LogP contribution in [0.4, 0.5) is 10.2 Å². The number of nitro groups is 1. The fourth-order valence-electron chi connectivity index (χ4n) is 2.74. The number of aromatic nitrogens is 2. The zero-order valence-corrected chi connectivity index (χ0v) is 14.9. The van der Waals surface area contributed by atoms with Crippen LogP contribution >= 0.6 is 0 Å². The molecular weight excluding hydrogens is 381 g/mol. The molecule has 0 N–H and O–H groups in total. The van der Waals surface area contributed by atoms with Crippen LogP contribution in [-0.4, -0.2) is 64.2 Å². The van der Waals surface area contributed by atoms with Gasteiger partial charge in [-0.15, -0.1) is 0 Å². The van der Waals surface area contributed by atoms with Gasteiger partial charge in [0.25, 0.3) is 0 Å². The molecule has 1 amide bonds. The second kappa shape index (κ2) is 7.40. The highest BCUT2D eigenvalue weighted by molar-refractivity contribution is 7.89. The number of benzene rings is 1. The predicted octanol–water partition coefficient (Wildman–Crippen LogP) is 0.463. The Morgan fingerprint density at radius 1 is 1.26 bits per heavy atom. The molecule has 12 heteroatoms. The largest absolute Gasteiger partial charge is 0.381 e. The number of amides is 1. The molecular formula is C15H16FN5O5S. The Bertz CT molecular complexity index is 968.